The summed E-state index contributed by atoms with van der Waals surface area (Å²) >= 11 is 0. The summed E-state index contributed by atoms with van der Waals surface area (Å²) in [5.74, 6) is 5.26. The number of hydrogen-bond donors (Lipinski definition) is 2. The van der Waals surface area contributed by atoms with Gasteiger partial charge in [-0.15, -0.1) is 0 Å². The van der Waals surface area contributed by atoms with Crippen molar-refractivity contribution in [2.24, 2.45) is 11.3 Å². The number of hydrogen-bond acceptors (Lipinski definition) is 4. The molecule has 92 valence electrons. The van der Waals surface area contributed by atoms with E-state index in [1.54, 1.807) is 0 Å². The molecule has 3 N–H and O–H groups in total. The lowest BCUT2D eigenvalue weighted by Gasteiger charge is -2.45. The van der Waals surface area contributed by atoms with Crippen LogP contribution in [0, 0.1) is 5.41 Å². The first-order valence-corrected chi connectivity index (χ1v) is 5.52. The van der Waals surface area contributed by atoms with E-state index in [9.17, 15) is 9.59 Å². The van der Waals surface area contributed by atoms with Crippen molar-refractivity contribution in [1.82, 2.24) is 5.43 Å². The van der Waals surface area contributed by atoms with E-state index < -0.39 is 11.7 Å². The molecular formula is C11H20N2O3. The first-order valence-electron chi connectivity index (χ1n) is 5.52. The molecule has 0 aromatic carbocycles. The first-order chi connectivity index (χ1) is 7.31. The number of ketones is 1. The quantitative estimate of drug-likeness (QED) is 0.405. The van der Waals surface area contributed by atoms with Crippen LogP contribution in [0.5, 0.6) is 0 Å². The van der Waals surface area contributed by atoms with Gasteiger partial charge in [0.1, 0.15) is 11.4 Å². The zero-order chi connectivity index (χ0) is 12.4. The smallest absolute Gasteiger partial charge is 0.421 e. The van der Waals surface area contributed by atoms with Gasteiger partial charge in [0.05, 0.1) is 0 Å². The summed E-state index contributed by atoms with van der Waals surface area (Å²) in [4.78, 5) is 22.5. The molecule has 1 aliphatic carbocycles. The summed E-state index contributed by atoms with van der Waals surface area (Å²) in [6.07, 6.45) is 1.44. The van der Waals surface area contributed by atoms with Crippen LogP contribution in [-0.2, 0) is 9.53 Å². The average Bonchev–Trinajstić information content (AvgIpc) is 2.20. The van der Waals surface area contributed by atoms with E-state index in [4.69, 9.17) is 10.6 Å². The Morgan fingerprint density at radius 1 is 1.38 bits per heavy atom. The summed E-state index contributed by atoms with van der Waals surface area (Å²) in [5, 5.41) is 0. The Bertz CT molecular complexity index is 284. The lowest BCUT2D eigenvalue weighted by Crippen LogP contribution is -2.51. The van der Waals surface area contributed by atoms with E-state index >= 15 is 0 Å². The Labute approximate surface area is 95.7 Å². The SMILES string of the molecule is CC(C)(C)C1(OC(=O)NN)CCC(=O)CC1. The number of amides is 1. The van der Waals surface area contributed by atoms with Crippen LogP contribution in [0.25, 0.3) is 0 Å². The van der Waals surface area contributed by atoms with E-state index in [1.165, 1.54) is 0 Å². The Kier molecular flexibility index (Phi) is 3.57. The van der Waals surface area contributed by atoms with Crippen molar-refractivity contribution in [3.05, 3.63) is 0 Å². The second-order valence-electron chi connectivity index (χ2n) is 5.32. The van der Waals surface area contributed by atoms with E-state index in [0.717, 1.165) is 0 Å². The average molecular weight is 228 g/mol. The van der Waals surface area contributed by atoms with E-state index in [0.29, 0.717) is 25.7 Å². The molecule has 0 spiro atoms. The van der Waals surface area contributed by atoms with Crippen LogP contribution in [0.3, 0.4) is 0 Å². The topological polar surface area (TPSA) is 81.4 Å². The molecule has 0 radical (unpaired) electrons. The van der Waals surface area contributed by atoms with Crippen LogP contribution in [0.15, 0.2) is 0 Å². The minimum absolute atomic E-state index is 0.208. The molecule has 5 nitrogen and oxygen atoms in total. The minimum atomic E-state index is -0.635. The molecule has 0 bridgehead atoms. The van der Waals surface area contributed by atoms with Gasteiger partial charge in [0.25, 0.3) is 0 Å². The molecule has 5 heteroatoms. The zero-order valence-corrected chi connectivity index (χ0v) is 10.1. The van der Waals surface area contributed by atoms with Gasteiger partial charge in [-0.3, -0.25) is 10.2 Å². The second-order valence-corrected chi connectivity index (χ2v) is 5.32. The number of nitrogens with two attached hydrogens (primary N) is 1. The second kappa shape index (κ2) is 4.41. The standard InChI is InChI=1S/C11H20N2O3/c1-10(2,3)11(16-9(15)13-12)6-4-8(14)5-7-11/h4-7,12H2,1-3H3,(H,13,15). The van der Waals surface area contributed by atoms with Gasteiger partial charge >= 0.3 is 6.09 Å². The highest BCUT2D eigenvalue weighted by Crippen LogP contribution is 2.44. The zero-order valence-electron chi connectivity index (χ0n) is 10.1. The highest BCUT2D eigenvalue weighted by molar-refractivity contribution is 5.79. The molecule has 1 amide bonds. The monoisotopic (exact) mass is 228 g/mol. The highest BCUT2D eigenvalue weighted by Gasteiger charge is 2.47. The van der Waals surface area contributed by atoms with Gasteiger partial charge in [0.2, 0.25) is 0 Å². The summed E-state index contributed by atoms with van der Waals surface area (Å²) in [6.45, 7) is 6.02. The Hall–Kier alpha value is -1.10. The van der Waals surface area contributed by atoms with E-state index in [1.807, 2.05) is 26.2 Å². The molecule has 1 aliphatic rings. The Morgan fingerprint density at radius 3 is 2.25 bits per heavy atom. The molecule has 0 aliphatic heterocycles. The van der Waals surface area contributed by atoms with Crippen molar-refractivity contribution >= 4 is 11.9 Å². The van der Waals surface area contributed by atoms with E-state index in [2.05, 4.69) is 0 Å². The van der Waals surface area contributed by atoms with Gasteiger partial charge in [0.15, 0.2) is 0 Å². The number of carbonyl (C=O) groups excluding carboxylic acids is 2. The van der Waals surface area contributed by atoms with Crippen LogP contribution in [0.2, 0.25) is 0 Å². The third-order valence-corrected chi connectivity index (χ3v) is 3.39. The number of rotatable bonds is 1. The molecule has 1 saturated carbocycles. The van der Waals surface area contributed by atoms with Crippen LogP contribution in [-0.4, -0.2) is 17.5 Å². The predicted molar refractivity (Wildman–Crippen MR) is 59.5 cm³/mol. The number of carbonyl (C=O) groups is 2. The molecule has 1 fully saturated rings. The molecule has 0 aromatic rings. The van der Waals surface area contributed by atoms with Gasteiger partial charge in [-0.1, -0.05) is 20.8 Å². The maximum absolute atomic E-state index is 11.3. The normalized spacial score (nSPS) is 20.4. The number of nitrogens with one attached hydrogen (secondary N) is 1. The predicted octanol–water partition coefficient (Wildman–Crippen LogP) is 1.51. The molecule has 1 rings (SSSR count). The van der Waals surface area contributed by atoms with E-state index in [-0.39, 0.29) is 11.2 Å². The molecule has 0 aromatic heterocycles. The van der Waals surface area contributed by atoms with Crippen LogP contribution in [0.1, 0.15) is 46.5 Å². The highest BCUT2D eigenvalue weighted by atomic mass is 16.6. The van der Waals surface area contributed by atoms with Gasteiger partial charge in [-0.05, 0) is 12.8 Å². The van der Waals surface area contributed by atoms with Crippen molar-refractivity contribution in [3.63, 3.8) is 0 Å². The Balaban J connectivity index is 2.86. The molecule has 0 heterocycles. The van der Waals surface area contributed by atoms with Crippen LogP contribution >= 0.6 is 0 Å². The Morgan fingerprint density at radius 2 is 1.88 bits per heavy atom. The maximum atomic E-state index is 11.3. The van der Waals surface area contributed by atoms with Gasteiger partial charge in [-0.25, -0.2) is 10.6 Å². The third kappa shape index (κ3) is 2.52. The molecule has 0 atom stereocenters. The lowest BCUT2D eigenvalue weighted by atomic mass is 9.68. The summed E-state index contributed by atoms with van der Waals surface area (Å²) in [5.41, 5.74) is 1.17. The summed E-state index contributed by atoms with van der Waals surface area (Å²) in [6, 6.07) is 0. The largest absolute Gasteiger partial charge is 0.441 e. The first kappa shape index (κ1) is 13.0. The van der Waals surface area contributed by atoms with Crippen molar-refractivity contribution in [2.75, 3.05) is 0 Å². The molecule has 0 unspecified atom stereocenters. The fourth-order valence-electron chi connectivity index (χ4n) is 2.14. The fourth-order valence-corrected chi connectivity index (χ4v) is 2.14. The van der Waals surface area contributed by atoms with Crippen molar-refractivity contribution in [3.8, 4) is 0 Å². The van der Waals surface area contributed by atoms with Crippen molar-refractivity contribution in [1.29, 1.82) is 0 Å². The number of hydrazine groups is 1. The summed E-state index contributed by atoms with van der Waals surface area (Å²) < 4.78 is 5.41. The van der Waals surface area contributed by atoms with Crippen molar-refractivity contribution in [2.45, 2.75) is 52.1 Å². The lowest BCUT2D eigenvalue weighted by molar-refractivity contribution is -0.133. The minimum Gasteiger partial charge on any atom is -0.441 e. The molecule has 0 saturated heterocycles. The molecule has 16 heavy (non-hydrogen) atoms. The fraction of sp³-hybridized carbons (Fsp3) is 0.818. The van der Waals surface area contributed by atoms with Crippen molar-refractivity contribution < 1.29 is 14.3 Å². The van der Waals surface area contributed by atoms with Gasteiger partial charge in [0, 0.05) is 18.3 Å². The number of Topliss-reactive ketones (excluding diaryl/α,β-unsaturated/α-hetero) is 1. The van der Waals surface area contributed by atoms with Gasteiger partial charge < -0.3 is 4.74 Å². The van der Waals surface area contributed by atoms with Crippen LogP contribution in [0.4, 0.5) is 4.79 Å². The molecular weight excluding hydrogens is 208 g/mol. The number of ether oxygens (including phenoxy) is 1. The summed E-state index contributed by atoms with van der Waals surface area (Å²) in [7, 11) is 0. The maximum Gasteiger partial charge on any atom is 0.421 e. The third-order valence-electron chi connectivity index (χ3n) is 3.39. The van der Waals surface area contributed by atoms with Crippen LogP contribution < -0.4 is 11.3 Å². The van der Waals surface area contributed by atoms with Gasteiger partial charge in [-0.2, -0.15) is 0 Å².